The third-order valence-corrected chi connectivity index (χ3v) is 1.96. The van der Waals surface area contributed by atoms with Crippen molar-refractivity contribution in [3.05, 3.63) is 29.8 Å². The Morgan fingerprint density at radius 3 is 2.53 bits per heavy atom. The minimum atomic E-state index is -0.964. The van der Waals surface area contributed by atoms with Crippen molar-refractivity contribution in [3.8, 4) is 5.75 Å². The highest BCUT2D eigenvalue weighted by Gasteiger charge is 2.11. The minimum Gasteiger partial charge on any atom is -0.479 e. The average molecular weight is 209 g/mol. The molecule has 1 aromatic rings. The zero-order chi connectivity index (χ0) is 11.3. The molecule has 1 aromatic carbocycles. The van der Waals surface area contributed by atoms with Gasteiger partial charge in [0.05, 0.1) is 0 Å². The van der Waals surface area contributed by atoms with E-state index >= 15 is 0 Å². The van der Waals surface area contributed by atoms with Gasteiger partial charge in [-0.05, 0) is 31.7 Å². The van der Waals surface area contributed by atoms with Crippen LogP contribution in [0.5, 0.6) is 5.75 Å². The molecule has 0 aromatic heterocycles. The number of carboxylic acid groups (broad SMARTS) is 1. The highest BCUT2D eigenvalue weighted by atomic mass is 16.5. The Balaban J connectivity index is 2.60. The summed E-state index contributed by atoms with van der Waals surface area (Å²) in [5, 5.41) is 11.7. The lowest BCUT2D eigenvalue weighted by Crippen LogP contribution is -2.22. The molecule has 15 heavy (non-hydrogen) atoms. The van der Waals surface area contributed by atoms with E-state index in [0.29, 0.717) is 5.75 Å². The lowest BCUT2D eigenvalue weighted by atomic mass is 10.2. The van der Waals surface area contributed by atoms with Crippen LogP contribution < -0.4 is 10.1 Å². The predicted octanol–water partition coefficient (Wildman–Crippen LogP) is 1.26. The molecule has 82 valence electrons. The molecule has 2 N–H and O–H groups in total. The number of carbonyl (C=O) groups is 1. The second-order valence-electron chi connectivity index (χ2n) is 3.27. The minimum absolute atomic E-state index is 0.574. The largest absolute Gasteiger partial charge is 0.479 e. The number of carboxylic acids is 1. The summed E-state index contributed by atoms with van der Waals surface area (Å²) in [4.78, 5) is 10.5. The van der Waals surface area contributed by atoms with Crippen molar-refractivity contribution in [1.29, 1.82) is 0 Å². The Hall–Kier alpha value is -1.55. The van der Waals surface area contributed by atoms with Crippen molar-refractivity contribution in [3.63, 3.8) is 0 Å². The number of ether oxygens (including phenoxy) is 1. The van der Waals surface area contributed by atoms with Gasteiger partial charge in [0.25, 0.3) is 0 Å². The Morgan fingerprint density at radius 2 is 2.07 bits per heavy atom. The van der Waals surface area contributed by atoms with Crippen LogP contribution in [0.3, 0.4) is 0 Å². The van der Waals surface area contributed by atoms with Crippen LogP contribution in [-0.2, 0) is 11.3 Å². The van der Waals surface area contributed by atoms with Gasteiger partial charge in [0.15, 0.2) is 6.10 Å². The molecular formula is C11H15NO3. The fraction of sp³-hybridized carbons (Fsp3) is 0.364. The Morgan fingerprint density at radius 1 is 1.47 bits per heavy atom. The molecule has 0 bridgehead atoms. The quantitative estimate of drug-likeness (QED) is 0.766. The SMILES string of the molecule is CNCc1ccc(OC(C)C(=O)O)cc1. The van der Waals surface area contributed by atoms with Crippen LogP contribution in [0.2, 0.25) is 0 Å². The number of aliphatic carboxylic acids is 1. The zero-order valence-corrected chi connectivity index (χ0v) is 8.86. The standard InChI is InChI=1S/C11H15NO3/c1-8(11(13)14)15-10-5-3-9(4-6-10)7-12-2/h3-6,8,12H,7H2,1-2H3,(H,13,14). The molecule has 0 aliphatic heterocycles. The predicted molar refractivity (Wildman–Crippen MR) is 56.9 cm³/mol. The molecule has 0 radical (unpaired) electrons. The fourth-order valence-electron chi connectivity index (χ4n) is 1.14. The van der Waals surface area contributed by atoms with Crippen LogP contribution in [0.4, 0.5) is 0 Å². The Bertz CT molecular complexity index is 321. The monoisotopic (exact) mass is 209 g/mol. The van der Waals surface area contributed by atoms with E-state index < -0.39 is 12.1 Å². The van der Waals surface area contributed by atoms with E-state index in [1.165, 1.54) is 6.92 Å². The lowest BCUT2D eigenvalue weighted by Gasteiger charge is -2.10. The maximum absolute atomic E-state index is 10.5. The third kappa shape index (κ3) is 3.59. The van der Waals surface area contributed by atoms with Gasteiger partial charge >= 0.3 is 5.97 Å². The molecule has 0 fully saturated rings. The van der Waals surface area contributed by atoms with E-state index in [1.54, 1.807) is 12.1 Å². The second kappa shape index (κ2) is 5.36. The molecule has 1 unspecified atom stereocenters. The van der Waals surface area contributed by atoms with Gasteiger partial charge in [0.1, 0.15) is 5.75 Å². The van der Waals surface area contributed by atoms with E-state index in [9.17, 15) is 4.79 Å². The molecule has 4 heteroatoms. The molecule has 4 nitrogen and oxygen atoms in total. The first-order valence-corrected chi connectivity index (χ1v) is 4.76. The first-order chi connectivity index (χ1) is 7.13. The van der Waals surface area contributed by atoms with E-state index in [4.69, 9.17) is 9.84 Å². The summed E-state index contributed by atoms with van der Waals surface area (Å²) in [6, 6.07) is 7.35. The molecule has 0 heterocycles. The van der Waals surface area contributed by atoms with E-state index in [-0.39, 0.29) is 0 Å². The van der Waals surface area contributed by atoms with Crippen LogP contribution in [0, 0.1) is 0 Å². The van der Waals surface area contributed by atoms with E-state index in [0.717, 1.165) is 12.1 Å². The normalized spacial score (nSPS) is 12.1. The second-order valence-corrected chi connectivity index (χ2v) is 3.27. The van der Waals surface area contributed by atoms with Gasteiger partial charge in [0.2, 0.25) is 0 Å². The van der Waals surface area contributed by atoms with Crippen LogP contribution >= 0.6 is 0 Å². The molecule has 0 saturated carbocycles. The van der Waals surface area contributed by atoms with Gasteiger partial charge in [-0.2, -0.15) is 0 Å². The topological polar surface area (TPSA) is 58.6 Å². The summed E-state index contributed by atoms with van der Waals surface area (Å²) in [5.74, 6) is -0.390. The summed E-state index contributed by atoms with van der Waals surface area (Å²) in [6.45, 7) is 2.29. The van der Waals surface area contributed by atoms with Gasteiger partial charge in [-0.3, -0.25) is 0 Å². The molecule has 1 rings (SSSR count). The lowest BCUT2D eigenvalue weighted by molar-refractivity contribution is -0.144. The molecule has 0 aliphatic carbocycles. The average Bonchev–Trinajstić information content (AvgIpc) is 2.21. The molecule has 0 saturated heterocycles. The van der Waals surface area contributed by atoms with E-state index in [1.807, 2.05) is 19.2 Å². The first kappa shape index (κ1) is 11.5. The van der Waals surface area contributed by atoms with Crippen LogP contribution in [0.15, 0.2) is 24.3 Å². The van der Waals surface area contributed by atoms with Crippen molar-refractivity contribution in [2.24, 2.45) is 0 Å². The fourth-order valence-corrected chi connectivity index (χ4v) is 1.14. The van der Waals surface area contributed by atoms with Crippen molar-refractivity contribution in [1.82, 2.24) is 5.32 Å². The van der Waals surface area contributed by atoms with Crippen molar-refractivity contribution < 1.29 is 14.6 Å². The summed E-state index contributed by atoms with van der Waals surface area (Å²) in [5.41, 5.74) is 1.13. The molecule has 0 aliphatic rings. The number of nitrogens with one attached hydrogen (secondary N) is 1. The Labute approximate surface area is 88.9 Å². The molecular weight excluding hydrogens is 194 g/mol. The smallest absolute Gasteiger partial charge is 0.344 e. The Kier molecular flexibility index (Phi) is 4.12. The van der Waals surface area contributed by atoms with Gasteiger partial charge in [-0.1, -0.05) is 12.1 Å². The van der Waals surface area contributed by atoms with Crippen LogP contribution in [0.1, 0.15) is 12.5 Å². The number of rotatable bonds is 5. The summed E-state index contributed by atoms with van der Waals surface area (Å²) in [7, 11) is 1.87. The maximum atomic E-state index is 10.5. The summed E-state index contributed by atoms with van der Waals surface area (Å²) < 4.78 is 5.19. The first-order valence-electron chi connectivity index (χ1n) is 4.76. The van der Waals surface area contributed by atoms with E-state index in [2.05, 4.69) is 5.32 Å². The number of hydrogen-bond acceptors (Lipinski definition) is 3. The van der Waals surface area contributed by atoms with Crippen molar-refractivity contribution in [2.45, 2.75) is 19.6 Å². The van der Waals surface area contributed by atoms with Gasteiger partial charge in [0, 0.05) is 6.54 Å². The zero-order valence-electron chi connectivity index (χ0n) is 8.86. The summed E-state index contributed by atoms with van der Waals surface area (Å²) in [6.07, 6.45) is -0.819. The molecule has 0 spiro atoms. The van der Waals surface area contributed by atoms with Gasteiger partial charge in [-0.25, -0.2) is 4.79 Å². The highest BCUT2D eigenvalue weighted by molar-refractivity contribution is 5.72. The van der Waals surface area contributed by atoms with Crippen LogP contribution in [-0.4, -0.2) is 24.2 Å². The molecule has 0 amide bonds. The number of hydrogen-bond donors (Lipinski definition) is 2. The highest BCUT2D eigenvalue weighted by Crippen LogP contribution is 2.13. The maximum Gasteiger partial charge on any atom is 0.344 e. The van der Waals surface area contributed by atoms with Gasteiger partial charge < -0.3 is 15.2 Å². The third-order valence-electron chi connectivity index (χ3n) is 1.96. The van der Waals surface area contributed by atoms with Gasteiger partial charge in [-0.15, -0.1) is 0 Å². The van der Waals surface area contributed by atoms with Crippen molar-refractivity contribution in [2.75, 3.05) is 7.05 Å². The van der Waals surface area contributed by atoms with Crippen molar-refractivity contribution >= 4 is 5.97 Å². The van der Waals surface area contributed by atoms with Crippen LogP contribution in [0.25, 0.3) is 0 Å². The molecule has 1 atom stereocenters. The summed E-state index contributed by atoms with van der Waals surface area (Å²) >= 11 is 0. The number of benzene rings is 1.